The van der Waals surface area contributed by atoms with Gasteiger partial charge in [-0.25, -0.2) is 18.4 Å². The molecule has 1 aromatic carbocycles. The number of aromatic nitrogens is 3. The summed E-state index contributed by atoms with van der Waals surface area (Å²) in [7, 11) is -4.77. The van der Waals surface area contributed by atoms with Crippen LogP contribution in [0.1, 0.15) is 12.5 Å². The molecule has 120 valence electrons. The van der Waals surface area contributed by atoms with Gasteiger partial charge in [-0.3, -0.25) is 4.57 Å². The maximum Gasteiger partial charge on any atom is 0.331 e. The Morgan fingerprint density at radius 2 is 2.09 bits per heavy atom. The third-order valence-corrected chi connectivity index (χ3v) is 4.90. The molecule has 0 aliphatic rings. The van der Waals surface area contributed by atoms with Crippen molar-refractivity contribution in [3.05, 3.63) is 48.1 Å². The summed E-state index contributed by atoms with van der Waals surface area (Å²) in [4.78, 5) is 22.4. The van der Waals surface area contributed by atoms with Gasteiger partial charge in [-0.15, -0.1) is 0 Å². The highest BCUT2D eigenvalue weighted by atomic mass is 31.2. The Hall–Kier alpha value is -1.67. The molecule has 0 saturated carbocycles. The van der Waals surface area contributed by atoms with Crippen molar-refractivity contribution in [3.63, 3.8) is 0 Å². The van der Waals surface area contributed by atoms with Crippen LogP contribution in [0, 0.1) is 11.6 Å². The lowest BCUT2D eigenvalue weighted by molar-refractivity contribution is 0.00512. The second-order valence-corrected chi connectivity index (χ2v) is 6.86. The van der Waals surface area contributed by atoms with E-state index in [0.29, 0.717) is 6.07 Å². The van der Waals surface area contributed by atoms with Crippen molar-refractivity contribution >= 4 is 7.60 Å². The SMILES string of the molecule is CC(C(O)(Cn1cncn1)c1ccc(F)cc1F)P(=O)(O)O. The summed E-state index contributed by atoms with van der Waals surface area (Å²) in [6.45, 7) is 0.627. The van der Waals surface area contributed by atoms with Crippen molar-refractivity contribution in [2.45, 2.75) is 24.7 Å². The third kappa shape index (κ3) is 3.22. The van der Waals surface area contributed by atoms with E-state index < -0.39 is 42.6 Å². The monoisotopic (exact) mass is 333 g/mol. The average molecular weight is 333 g/mol. The fourth-order valence-electron chi connectivity index (χ4n) is 2.12. The molecule has 2 aromatic rings. The van der Waals surface area contributed by atoms with Crippen molar-refractivity contribution in [2.75, 3.05) is 0 Å². The van der Waals surface area contributed by atoms with Crippen LogP contribution >= 0.6 is 7.60 Å². The van der Waals surface area contributed by atoms with Gasteiger partial charge in [0, 0.05) is 11.6 Å². The second-order valence-electron chi connectivity index (χ2n) is 4.91. The zero-order valence-corrected chi connectivity index (χ0v) is 12.4. The highest BCUT2D eigenvalue weighted by Gasteiger charge is 2.47. The average Bonchev–Trinajstić information content (AvgIpc) is 2.89. The highest BCUT2D eigenvalue weighted by Crippen LogP contribution is 2.50. The molecule has 0 amide bonds. The molecule has 1 heterocycles. The van der Waals surface area contributed by atoms with Crippen molar-refractivity contribution in [2.24, 2.45) is 0 Å². The fraction of sp³-hybridized carbons (Fsp3) is 0.333. The zero-order valence-electron chi connectivity index (χ0n) is 11.5. The molecule has 10 heteroatoms. The topological polar surface area (TPSA) is 108 Å². The van der Waals surface area contributed by atoms with Gasteiger partial charge in [0.2, 0.25) is 0 Å². The van der Waals surface area contributed by atoms with Gasteiger partial charge in [-0.2, -0.15) is 5.10 Å². The van der Waals surface area contributed by atoms with Gasteiger partial charge in [-0.05, 0) is 13.0 Å². The molecule has 7 nitrogen and oxygen atoms in total. The molecule has 0 aliphatic heterocycles. The van der Waals surface area contributed by atoms with Crippen LogP contribution in [0.25, 0.3) is 0 Å². The minimum absolute atomic E-state index is 0.430. The van der Waals surface area contributed by atoms with Gasteiger partial charge < -0.3 is 14.9 Å². The van der Waals surface area contributed by atoms with E-state index in [-0.39, 0.29) is 0 Å². The molecule has 22 heavy (non-hydrogen) atoms. The Bertz CT molecular complexity index is 706. The number of rotatable bonds is 5. The molecular weight excluding hydrogens is 319 g/mol. The van der Waals surface area contributed by atoms with E-state index in [1.54, 1.807) is 0 Å². The largest absolute Gasteiger partial charge is 0.382 e. The van der Waals surface area contributed by atoms with E-state index in [2.05, 4.69) is 10.1 Å². The number of nitrogens with zero attached hydrogens (tertiary/aromatic N) is 3. The summed E-state index contributed by atoms with van der Waals surface area (Å²) in [5.41, 5.74) is -4.38. The van der Waals surface area contributed by atoms with E-state index >= 15 is 0 Å². The fourth-order valence-corrected chi connectivity index (χ4v) is 2.90. The number of benzene rings is 1. The van der Waals surface area contributed by atoms with Crippen LogP contribution in [-0.2, 0) is 16.7 Å². The third-order valence-electron chi connectivity index (χ3n) is 3.46. The van der Waals surface area contributed by atoms with Gasteiger partial charge >= 0.3 is 7.60 Å². The van der Waals surface area contributed by atoms with E-state index in [9.17, 15) is 28.2 Å². The first-order valence-electron chi connectivity index (χ1n) is 6.20. The Balaban J connectivity index is 2.56. The molecule has 2 rings (SSSR count). The van der Waals surface area contributed by atoms with Crippen molar-refractivity contribution in [1.82, 2.24) is 14.8 Å². The van der Waals surface area contributed by atoms with E-state index in [4.69, 9.17) is 0 Å². The smallest absolute Gasteiger partial charge is 0.331 e. The molecule has 0 fully saturated rings. The van der Waals surface area contributed by atoms with Gasteiger partial charge in [0.15, 0.2) is 0 Å². The summed E-state index contributed by atoms with van der Waals surface area (Å²) >= 11 is 0. The number of hydrogen-bond donors (Lipinski definition) is 3. The van der Waals surface area contributed by atoms with Crippen LogP contribution in [-0.4, -0.2) is 35.3 Å². The molecule has 2 unspecified atom stereocenters. The predicted molar refractivity (Wildman–Crippen MR) is 71.8 cm³/mol. The van der Waals surface area contributed by atoms with Crippen molar-refractivity contribution in [1.29, 1.82) is 0 Å². The first kappa shape index (κ1) is 16.7. The summed E-state index contributed by atoms with van der Waals surface area (Å²) in [5.74, 6) is -1.98. The lowest BCUT2D eigenvalue weighted by Gasteiger charge is -2.34. The van der Waals surface area contributed by atoms with Crippen molar-refractivity contribution < 1.29 is 28.2 Å². The molecule has 1 aromatic heterocycles. The quantitative estimate of drug-likeness (QED) is 0.705. The standard InChI is InChI=1S/C12H14F2N3O4P/c1-8(22(19,20)21)12(18,5-17-7-15-6-16-17)10-3-2-9(13)4-11(10)14/h2-4,6-8,18H,5H2,1H3,(H2,19,20,21). The summed E-state index contributed by atoms with van der Waals surface area (Å²) < 4.78 is 39.7. The van der Waals surface area contributed by atoms with Crippen LogP contribution in [0.3, 0.4) is 0 Å². The molecule has 0 radical (unpaired) electrons. The maximum absolute atomic E-state index is 14.0. The summed E-state index contributed by atoms with van der Waals surface area (Å²) in [5, 5.41) is 14.5. The molecule has 0 aliphatic carbocycles. The number of hydrogen-bond acceptors (Lipinski definition) is 4. The number of halogens is 2. The van der Waals surface area contributed by atoms with Gasteiger partial charge in [0.25, 0.3) is 0 Å². The first-order chi connectivity index (χ1) is 10.1. The lowest BCUT2D eigenvalue weighted by Crippen LogP contribution is -2.42. The second kappa shape index (κ2) is 5.85. The van der Waals surface area contributed by atoms with E-state index in [0.717, 1.165) is 30.1 Å². The van der Waals surface area contributed by atoms with E-state index in [1.165, 1.54) is 6.33 Å². The lowest BCUT2D eigenvalue weighted by atomic mass is 9.90. The molecule has 2 atom stereocenters. The summed E-state index contributed by atoms with van der Waals surface area (Å²) in [6, 6.07) is 2.39. The van der Waals surface area contributed by atoms with Crippen LogP contribution in [0.15, 0.2) is 30.9 Å². The van der Waals surface area contributed by atoms with Gasteiger partial charge in [-0.1, -0.05) is 6.07 Å². The first-order valence-corrected chi connectivity index (χ1v) is 7.88. The molecule has 3 N–H and O–H groups in total. The normalized spacial score (nSPS) is 16.3. The highest BCUT2D eigenvalue weighted by molar-refractivity contribution is 7.52. The van der Waals surface area contributed by atoms with Crippen molar-refractivity contribution in [3.8, 4) is 0 Å². The molecular formula is C12H14F2N3O4P. The maximum atomic E-state index is 14.0. The minimum atomic E-state index is -4.77. The molecule has 0 spiro atoms. The Kier molecular flexibility index (Phi) is 4.44. The van der Waals surface area contributed by atoms with Gasteiger partial charge in [0.05, 0.1) is 12.2 Å². The number of aliphatic hydroxyl groups is 1. The van der Waals surface area contributed by atoms with Crippen LogP contribution in [0.2, 0.25) is 0 Å². The molecule has 0 bridgehead atoms. The Morgan fingerprint density at radius 3 is 2.59 bits per heavy atom. The van der Waals surface area contributed by atoms with Crippen LogP contribution < -0.4 is 0 Å². The van der Waals surface area contributed by atoms with E-state index in [1.807, 2.05) is 0 Å². The summed E-state index contributed by atoms with van der Waals surface area (Å²) in [6.07, 6.45) is 2.36. The Labute approximate surface area is 124 Å². The zero-order chi connectivity index (χ0) is 16.5. The van der Waals surface area contributed by atoms with Crippen LogP contribution in [0.4, 0.5) is 8.78 Å². The minimum Gasteiger partial charge on any atom is -0.382 e. The van der Waals surface area contributed by atoms with Gasteiger partial charge in [0.1, 0.15) is 29.9 Å². The molecule has 0 saturated heterocycles. The van der Waals surface area contributed by atoms with Crippen LogP contribution in [0.5, 0.6) is 0 Å². The predicted octanol–water partition coefficient (Wildman–Crippen LogP) is 1.01. The Morgan fingerprint density at radius 1 is 1.41 bits per heavy atom.